The lowest BCUT2D eigenvalue weighted by atomic mass is 9.50. The molecule has 2 heteroatoms. The molecule has 0 spiro atoms. The molecule has 1 N–H and O–H groups in total. The van der Waals surface area contributed by atoms with Crippen molar-refractivity contribution in [3.8, 4) is 22.3 Å². The van der Waals surface area contributed by atoms with E-state index in [0.29, 0.717) is 0 Å². The number of nitrogens with one attached hydrogen (secondary N) is 1. The van der Waals surface area contributed by atoms with Crippen LogP contribution in [0.2, 0.25) is 0 Å². The first kappa shape index (κ1) is 49.7. The Morgan fingerprint density at radius 3 is 1.61 bits per heavy atom. The third-order valence-electron chi connectivity index (χ3n) is 19.2. The van der Waals surface area contributed by atoms with Gasteiger partial charge in [-0.2, -0.15) is 0 Å². The summed E-state index contributed by atoms with van der Waals surface area (Å²) >= 11 is 0. The van der Waals surface area contributed by atoms with Gasteiger partial charge < -0.3 is 5.32 Å². The Hall–Kier alpha value is -4.82. The molecule has 3 aliphatic carbocycles. The van der Waals surface area contributed by atoms with Gasteiger partial charge in [0.2, 0.25) is 0 Å². The Balaban J connectivity index is 1.22. The highest BCUT2D eigenvalue weighted by Crippen LogP contribution is 2.52. The maximum atomic E-state index is 4.13. The molecule has 6 aromatic rings. The summed E-state index contributed by atoms with van der Waals surface area (Å²) in [5.74, 6) is 0.251. The Kier molecular flexibility index (Phi) is 12.6. The smallest absolute Gasteiger partial charge is 0.193 e. The fourth-order valence-corrected chi connectivity index (χ4v) is 13.8. The van der Waals surface area contributed by atoms with Gasteiger partial charge in [0.25, 0.3) is 0 Å². The molecular weight excluding hydrogens is 854 g/mol. The number of benzene rings is 6. The maximum absolute atomic E-state index is 4.13. The second-order valence-corrected chi connectivity index (χ2v) is 27.2. The van der Waals surface area contributed by atoms with Gasteiger partial charge in [-0.25, -0.2) is 0 Å². The van der Waals surface area contributed by atoms with E-state index in [1.807, 2.05) is 0 Å². The molecule has 0 bridgehead atoms. The molecule has 1 nitrogen and oxygen atoms in total. The van der Waals surface area contributed by atoms with Crippen LogP contribution in [-0.2, 0) is 45.3 Å². The molecule has 0 saturated carbocycles. The zero-order valence-electron chi connectivity index (χ0n) is 46.6. The molecule has 1 atom stereocenters. The molecule has 1 unspecified atom stereocenters. The maximum Gasteiger partial charge on any atom is 0.193 e. The Morgan fingerprint density at radius 2 is 1.01 bits per heavy atom. The summed E-state index contributed by atoms with van der Waals surface area (Å²) in [6.45, 7) is 34.8. The lowest BCUT2D eigenvalue weighted by molar-refractivity contribution is 0.331. The van der Waals surface area contributed by atoms with Crippen LogP contribution in [0.3, 0.4) is 0 Å². The van der Waals surface area contributed by atoms with E-state index in [1.54, 1.807) is 44.3 Å². The summed E-state index contributed by atoms with van der Waals surface area (Å²) in [7, 11) is 0.956. The van der Waals surface area contributed by atoms with E-state index < -0.39 is 0 Å². The third kappa shape index (κ3) is 9.20. The summed E-state index contributed by atoms with van der Waals surface area (Å²) < 4.78 is 0. The third-order valence-corrected chi connectivity index (χ3v) is 19.2. The van der Waals surface area contributed by atoms with Crippen molar-refractivity contribution in [2.45, 2.75) is 212 Å². The molecule has 0 amide bonds. The predicted molar refractivity (Wildman–Crippen MR) is 310 cm³/mol. The Bertz CT molecular complexity index is 2990. The second-order valence-electron chi connectivity index (χ2n) is 27.2. The van der Waals surface area contributed by atoms with E-state index in [2.05, 4.69) is 205 Å². The van der Waals surface area contributed by atoms with Crippen molar-refractivity contribution in [1.29, 1.82) is 0 Å². The molecule has 71 heavy (non-hydrogen) atoms. The van der Waals surface area contributed by atoms with Crippen LogP contribution in [0.5, 0.6) is 0 Å². The standard InChI is InChI=1S/C69H86BN/c1-15-16-17-19-22-45-36-53-50(38-48-39-56-55(35-44(48)2)64(3,4)29-30-65(56,5)6)51-40-57-59(68(11,12)33-31-66(57,7)8)42-61(51)70-63(53)54(37-45)52-41-58-60(69(13,14)34-32-67(58,9)10)43-62(52)71-49-27-25-47(26-28-49)46-23-20-18-21-24-46/h18,20-21,23-28,35-37,39-43,50,70-71H,15-17,19,22,29-34,38H2,1-14H3. The van der Waals surface area contributed by atoms with Crippen molar-refractivity contribution >= 4 is 29.6 Å². The van der Waals surface area contributed by atoms with E-state index in [1.165, 1.54) is 120 Å². The molecule has 0 aromatic heterocycles. The van der Waals surface area contributed by atoms with Gasteiger partial charge in [-0.1, -0.05) is 199 Å². The minimum absolute atomic E-state index is 0.0756. The van der Waals surface area contributed by atoms with Crippen molar-refractivity contribution in [1.82, 2.24) is 0 Å². The number of hydrogen-bond acceptors (Lipinski definition) is 1. The topological polar surface area (TPSA) is 12.0 Å². The van der Waals surface area contributed by atoms with Crippen LogP contribution in [0, 0.1) is 6.92 Å². The first-order chi connectivity index (χ1) is 33.5. The normalized spacial score (nSPS) is 20.3. The van der Waals surface area contributed by atoms with Gasteiger partial charge >= 0.3 is 0 Å². The van der Waals surface area contributed by atoms with E-state index in [4.69, 9.17) is 0 Å². The molecule has 6 aromatic carbocycles. The van der Waals surface area contributed by atoms with Crippen LogP contribution >= 0.6 is 0 Å². The van der Waals surface area contributed by atoms with Gasteiger partial charge in [0.15, 0.2) is 7.28 Å². The lowest BCUT2D eigenvalue weighted by Crippen LogP contribution is -2.44. The van der Waals surface area contributed by atoms with Gasteiger partial charge in [-0.05, 0) is 199 Å². The van der Waals surface area contributed by atoms with Crippen LogP contribution in [0.15, 0.2) is 103 Å². The van der Waals surface area contributed by atoms with Crippen LogP contribution < -0.4 is 16.2 Å². The highest BCUT2D eigenvalue weighted by Gasteiger charge is 2.43. The molecule has 4 aliphatic rings. The van der Waals surface area contributed by atoms with Gasteiger partial charge in [0.1, 0.15) is 0 Å². The summed E-state index contributed by atoms with van der Waals surface area (Å²) in [5.41, 5.74) is 28.5. The molecule has 0 fully saturated rings. The number of unbranched alkanes of at least 4 members (excludes halogenated alkanes) is 3. The zero-order chi connectivity index (χ0) is 50.5. The van der Waals surface area contributed by atoms with Crippen molar-refractivity contribution in [3.05, 3.63) is 164 Å². The Morgan fingerprint density at radius 1 is 0.493 bits per heavy atom. The summed E-state index contributed by atoms with van der Waals surface area (Å²) in [4.78, 5) is 0. The quantitative estimate of drug-likeness (QED) is 0.101. The first-order valence-electron chi connectivity index (χ1n) is 28.1. The summed E-state index contributed by atoms with van der Waals surface area (Å²) in [5, 5.41) is 4.13. The number of rotatable bonds is 11. The van der Waals surface area contributed by atoms with E-state index in [9.17, 15) is 0 Å². The lowest BCUT2D eigenvalue weighted by Gasteiger charge is -2.44. The number of fused-ring (bicyclic) bond motifs is 5. The molecule has 10 rings (SSSR count). The number of aryl methyl sites for hydroxylation is 2. The average molecular weight is 940 g/mol. The SMILES string of the molecule is CCCCCCc1cc(-c2cc3c(cc2Nc2ccc(-c4ccccc4)cc2)C(C)(C)CCC3(C)C)c2c(c1)C(Cc1cc3c(cc1C)C(C)(C)CCC3(C)C)c1cc3c(cc1B2)C(C)(C)CCC3(C)C. The fraction of sp³-hybridized carbons (Fsp3) is 0.478. The molecule has 370 valence electrons. The minimum Gasteiger partial charge on any atom is -0.355 e. The Labute approximate surface area is 431 Å². The van der Waals surface area contributed by atoms with Crippen LogP contribution in [0.25, 0.3) is 22.3 Å². The van der Waals surface area contributed by atoms with Gasteiger partial charge in [0, 0.05) is 22.9 Å². The number of hydrogen-bond donors (Lipinski definition) is 1. The molecular formula is C69H86BN. The minimum atomic E-state index is 0.0756. The fourth-order valence-electron chi connectivity index (χ4n) is 13.8. The van der Waals surface area contributed by atoms with Crippen LogP contribution in [0.1, 0.15) is 221 Å². The number of anilines is 2. The first-order valence-corrected chi connectivity index (χ1v) is 28.1. The van der Waals surface area contributed by atoms with Crippen molar-refractivity contribution < 1.29 is 0 Å². The highest BCUT2D eigenvalue weighted by atomic mass is 14.9. The van der Waals surface area contributed by atoms with Crippen molar-refractivity contribution in [2.24, 2.45) is 0 Å². The van der Waals surface area contributed by atoms with Gasteiger partial charge in [0.05, 0.1) is 0 Å². The van der Waals surface area contributed by atoms with Gasteiger partial charge in [-0.3, -0.25) is 0 Å². The van der Waals surface area contributed by atoms with Gasteiger partial charge in [-0.15, -0.1) is 0 Å². The summed E-state index contributed by atoms with van der Waals surface area (Å²) in [6.07, 6.45) is 14.5. The molecule has 0 radical (unpaired) electrons. The summed E-state index contributed by atoms with van der Waals surface area (Å²) in [6, 6.07) is 41.4. The predicted octanol–water partition coefficient (Wildman–Crippen LogP) is 17.3. The second kappa shape index (κ2) is 18.0. The highest BCUT2D eigenvalue weighted by molar-refractivity contribution is 6.70. The van der Waals surface area contributed by atoms with E-state index >= 15 is 0 Å². The molecule has 1 aliphatic heterocycles. The molecule has 1 heterocycles. The van der Waals surface area contributed by atoms with E-state index in [-0.39, 0.29) is 38.4 Å². The van der Waals surface area contributed by atoms with Crippen molar-refractivity contribution in [2.75, 3.05) is 5.32 Å². The van der Waals surface area contributed by atoms with Crippen LogP contribution in [-0.4, -0.2) is 7.28 Å². The van der Waals surface area contributed by atoms with Crippen molar-refractivity contribution in [3.63, 3.8) is 0 Å². The van der Waals surface area contributed by atoms with Crippen LogP contribution in [0.4, 0.5) is 11.4 Å². The average Bonchev–Trinajstić information content (AvgIpc) is 3.33. The largest absolute Gasteiger partial charge is 0.355 e. The monoisotopic (exact) mass is 940 g/mol. The molecule has 0 saturated heterocycles. The van der Waals surface area contributed by atoms with E-state index in [0.717, 1.165) is 25.8 Å². The zero-order valence-corrected chi connectivity index (χ0v) is 46.6.